The SMILES string of the molecule is CC(C)n1nccc1NC(=O)N1CCC[C@H]1C[C@@H](C)O. The number of hydrogen-bond donors (Lipinski definition) is 2. The summed E-state index contributed by atoms with van der Waals surface area (Å²) in [7, 11) is 0. The molecule has 6 nitrogen and oxygen atoms in total. The zero-order valence-corrected chi connectivity index (χ0v) is 12.4. The number of aliphatic hydroxyl groups is 1. The molecular weight excluding hydrogens is 256 g/mol. The van der Waals surface area contributed by atoms with Crippen LogP contribution in [0.2, 0.25) is 0 Å². The molecular formula is C14H24N4O2. The van der Waals surface area contributed by atoms with Gasteiger partial charge in [-0.15, -0.1) is 0 Å². The van der Waals surface area contributed by atoms with Crippen molar-refractivity contribution in [3.63, 3.8) is 0 Å². The van der Waals surface area contributed by atoms with Gasteiger partial charge in [0.2, 0.25) is 0 Å². The number of anilines is 1. The van der Waals surface area contributed by atoms with Crippen molar-refractivity contribution >= 4 is 11.8 Å². The van der Waals surface area contributed by atoms with Crippen LogP contribution in [0.1, 0.15) is 46.1 Å². The van der Waals surface area contributed by atoms with Crippen LogP contribution in [0.4, 0.5) is 10.6 Å². The van der Waals surface area contributed by atoms with Gasteiger partial charge in [0.15, 0.2) is 0 Å². The zero-order chi connectivity index (χ0) is 14.7. The minimum atomic E-state index is -0.380. The Hall–Kier alpha value is -1.56. The maximum Gasteiger partial charge on any atom is 0.323 e. The van der Waals surface area contributed by atoms with Crippen LogP contribution in [0.15, 0.2) is 12.3 Å². The van der Waals surface area contributed by atoms with E-state index in [4.69, 9.17) is 0 Å². The zero-order valence-electron chi connectivity index (χ0n) is 12.4. The highest BCUT2D eigenvalue weighted by Crippen LogP contribution is 2.23. The van der Waals surface area contributed by atoms with Crippen molar-refractivity contribution in [1.82, 2.24) is 14.7 Å². The van der Waals surface area contributed by atoms with Crippen molar-refractivity contribution in [3.05, 3.63) is 12.3 Å². The van der Waals surface area contributed by atoms with Crippen molar-refractivity contribution in [1.29, 1.82) is 0 Å². The molecule has 6 heteroatoms. The molecule has 2 amide bonds. The van der Waals surface area contributed by atoms with E-state index in [0.29, 0.717) is 12.2 Å². The molecule has 112 valence electrons. The smallest absolute Gasteiger partial charge is 0.323 e. The minimum Gasteiger partial charge on any atom is -0.393 e. The number of carbonyl (C=O) groups excluding carboxylic acids is 1. The summed E-state index contributed by atoms with van der Waals surface area (Å²) in [6.45, 7) is 6.56. The summed E-state index contributed by atoms with van der Waals surface area (Å²) >= 11 is 0. The molecule has 1 aliphatic heterocycles. The van der Waals surface area contributed by atoms with E-state index in [1.165, 1.54) is 0 Å². The van der Waals surface area contributed by atoms with Crippen LogP contribution < -0.4 is 5.32 Å². The van der Waals surface area contributed by atoms with E-state index in [1.54, 1.807) is 23.9 Å². The van der Waals surface area contributed by atoms with Crippen LogP contribution in [0, 0.1) is 0 Å². The summed E-state index contributed by atoms with van der Waals surface area (Å²) < 4.78 is 1.79. The molecule has 0 aromatic carbocycles. The Labute approximate surface area is 119 Å². The van der Waals surface area contributed by atoms with Gasteiger partial charge in [0.25, 0.3) is 0 Å². The van der Waals surface area contributed by atoms with Crippen LogP contribution in [0.3, 0.4) is 0 Å². The van der Waals surface area contributed by atoms with Gasteiger partial charge >= 0.3 is 6.03 Å². The third kappa shape index (κ3) is 3.30. The number of urea groups is 1. The fraction of sp³-hybridized carbons (Fsp3) is 0.714. The number of rotatable bonds is 4. The minimum absolute atomic E-state index is 0.101. The average molecular weight is 280 g/mol. The number of likely N-dealkylation sites (tertiary alicyclic amines) is 1. The molecule has 20 heavy (non-hydrogen) atoms. The highest BCUT2D eigenvalue weighted by atomic mass is 16.3. The number of aliphatic hydroxyl groups excluding tert-OH is 1. The van der Waals surface area contributed by atoms with Gasteiger partial charge < -0.3 is 10.0 Å². The Morgan fingerprint density at radius 1 is 1.55 bits per heavy atom. The van der Waals surface area contributed by atoms with Crippen LogP contribution in [-0.2, 0) is 0 Å². The third-order valence-corrected chi connectivity index (χ3v) is 3.65. The molecule has 0 saturated carbocycles. The van der Waals surface area contributed by atoms with Gasteiger partial charge in [0, 0.05) is 24.7 Å². The number of amides is 2. The fourth-order valence-electron chi connectivity index (χ4n) is 2.75. The van der Waals surface area contributed by atoms with Crippen LogP contribution >= 0.6 is 0 Å². The first-order valence-electron chi connectivity index (χ1n) is 7.28. The Morgan fingerprint density at radius 3 is 2.95 bits per heavy atom. The topological polar surface area (TPSA) is 70.4 Å². The maximum absolute atomic E-state index is 12.4. The van der Waals surface area contributed by atoms with Crippen molar-refractivity contribution in [2.45, 2.75) is 58.2 Å². The maximum atomic E-state index is 12.4. The number of aromatic nitrogens is 2. The standard InChI is InChI=1S/C14H24N4O2/c1-10(2)18-13(6-7-15-18)16-14(20)17-8-4-5-12(17)9-11(3)19/h6-7,10-12,19H,4-5,8-9H2,1-3H3,(H,16,20)/t11-,12+/m1/s1. The van der Waals surface area contributed by atoms with E-state index in [9.17, 15) is 9.90 Å². The molecule has 0 spiro atoms. The fourth-order valence-corrected chi connectivity index (χ4v) is 2.75. The lowest BCUT2D eigenvalue weighted by atomic mass is 10.1. The molecule has 2 heterocycles. The van der Waals surface area contributed by atoms with E-state index in [0.717, 1.165) is 19.4 Å². The number of hydrogen-bond acceptors (Lipinski definition) is 3. The van der Waals surface area contributed by atoms with Gasteiger partial charge in [0.05, 0.1) is 12.3 Å². The highest BCUT2D eigenvalue weighted by molar-refractivity contribution is 5.88. The first-order chi connectivity index (χ1) is 9.49. The molecule has 0 unspecified atom stereocenters. The molecule has 0 aliphatic carbocycles. The van der Waals surface area contributed by atoms with E-state index in [-0.39, 0.29) is 24.2 Å². The van der Waals surface area contributed by atoms with E-state index >= 15 is 0 Å². The average Bonchev–Trinajstić information content (AvgIpc) is 2.96. The second-order valence-electron chi connectivity index (χ2n) is 5.76. The van der Waals surface area contributed by atoms with Gasteiger partial charge in [-0.1, -0.05) is 0 Å². The predicted molar refractivity (Wildman–Crippen MR) is 77.7 cm³/mol. The summed E-state index contributed by atoms with van der Waals surface area (Å²) in [6.07, 6.45) is 3.90. The lowest BCUT2D eigenvalue weighted by Crippen LogP contribution is -2.40. The molecule has 1 aliphatic rings. The molecule has 2 N–H and O–H groups in total. The van der Waals surface area contributed by atoms with E-state index in [1.807, 2.05) is 18.7 Å². The molecule has 1 fully saturated rings. The second-order valence-corrected chi connectivity index (χ2v) is 5.76. The first-order valence-corrected chi connectivity index (χ1v) is 7.28. The van der Waals surface area contributed by atoms with Gasteiger partial charge in [-0.3, -0.25) is 5.32 Å². The van der Waals surface area contributed by atoms with Crippen LogP contribution in [0.5, 0.6) is 0 Å². The largest absolute Gasteiger partial charge is 0.393 e. The summed E-state index contributed by atoms with van der Waals surface area (Å²) in [6, 6.07) is 2.03. The monoisotopic (exact) mass is 280 g/mol. The number of carbonyl (C=O) groups is 1. The molecule has 1 aromatic rings. The van der Waals surface area contributed by atoms with Crippen molar-refractivity contribution in [2.24, 2.45) is 0 Å². The molecule has 2 rings (SSSR count). The normalized spacial score (nSPS) is 20.4. The van der Waals surface area contributed by atoms with Gasteiger partial charge in [-0.2, -0.15) is 5.10 Å². The number of nitrogens with one attached hydrogen (secondary N) is 1. The van der Waals surface area contributed by atoms with Crippen LogP contribution in [-0.4, -0.2) is 44.5 Å². The molecule has 0 bridgehead atoms. The predicted octanol–water partition coefficient (Wildman–Crippen LogP) is 2.23. The van der Waals surface area contributed by atoms with Crippen molar-refractivity contribution < 1.29 is 9.90 Å². The first kappa shape index (κ1) is 14.8. The Bertz CT molecular complexity index is 456. The van der Waals surface area contributed by atoms with Gasteiger partial charge in [0.1, 0.15) is 5.82 Å². The summed E-state index contributed by atoms with van der Waals surface area (Å²) in [5.41, 5.74) is 0. The number of nitrogens with zero attached hydrogens (tertiary/aromatic N) is 3. The molecule has 2 atom stereocenters. The Balaban J connectivity index is 2.02. The lowest BCUT2D eigenvalue weighted by molar-refractivity contribution is 0.142. The Kier molecular flexibility index (Phi) is 4.65. The van der Waals surface area contributed by atoms with E-state index < -0.39 is 0 Å². The highest BCUT2D eigenvalue weighted by Gasteiger charge is 2.30. The lowest BCUT2D eigenvalue weighted by Gasteiger charge is -2.26. The van der Waals surface area contributed by atoms with E-state index in [2.05, 4.69) is 10.4 Å². The quantitative estimate of drug-likeness (QED) is 0.888. The summed E-state index contributed by atoms with van der Waals surface area (Å²) in [5, 5.41) is 16.6. The summed E-state index contributed by atoms with van der Waals surface area (Å²) in [4.78, 5) is 14.2. The second kappa shape index (κ2) is 6.26. The Morgan fingerprint density at radius 2 is 2.30 bits per heavy atom. The molecule has 1 saturated heterocycles. The van der Waals surface area contributed by atoms with Gasteiger partial charge in [-0.25, -0.2) is 9.48 Å². The third-order valence-electron chi connectivity index (χ3n) is 3.65. The summed E-state index contributed by atoms with van der Waals surface area (Å²) in [5.74, 6) is 0.715. The van der Waals surface area contributed by atoms with Gasteiger partial charge in [-0.05, 0) is 40.0 Å². The van der Waals surface area contributed by atoms with Crippen molar-refractivity contribution in [2.75, 3.05) is 11.9 Å². The molecule has 1 aromatic heterocycles. The van der Waals surface area contributed by atoms with Crippen molar-refractivity contribution in [3.8, 4) is 0 Å². The van der Waals surface area contributed by atoms with Crippen LogP contribution in [0.25, 0.3) is 0 Å². The molecule has 0 radical (unpaired) electrons.